The van der Waals surface area contributed by atoms with E-state index in [1.807, 2.05) is 45.0 Å². The van der Waals surface area contributed by atoms with E-state index in [4.69, 9.17) is 0 Å². The number of carbonyl (C=O) groups excluding carboxylic acids is 1. The molecule has 0 aliphatic carbocycles. The zero-order valence-corrected chi connectivity index (χ0v) is 16.5. The summed E-state index contributed by atoms with van der Waals surface area (Å²) in [5.74, 6) is 0.327. The lowest BCUT2D eigenvalue weighted by Gasteiger charge is -2.26. The standard InChI is InChI=1S/C20H25N3O2S/c1-5-13-8-6-7-9-15(13)21-18(25)14-11-23-17(24)10-16(20(2,3)4)22-19(23)26-12-14/h6-10,14H,5,11-12H2,1-4H3,(H,21,25). The van der Waals surface area contributed by atoms with Gasteiger partial charge in [-0.05, 0) is 18.1 Å². The Morgan fingerprint density at radius 1 is 1.35 bits per heavy atom. The van der Waals surface area contributed by atoms with E-state index in [0.29, 0.717) is 17.5 Å². The highest BCUT2D eigenvalue weighted by molar-refractivity contribution is 7.99. The van der Waals surface area contributed by atoms with Crippen molar-refractivity contribution in [3.8, 4) is 0 Å². The number of nitrogens with zero attached hydrogens (tertiary/aromatic N) is 2. The molecule has 138 valence electrons. The number of anilines is 1. The van der Waals surface area contributed by atoms with Gasteiger partial charge in [0.25, 0.3) is 5.56 Å². The van der Waals surface area contributed by atoms with E-state index in [9.17, 15) is 9.59 Å². The average molecular weight is 372 g/mol. The number of amides is 1. The Hall–Kier alpha value is -2.08. The van der Waals surface area contributed by atoms with Crippen LogP contribution in [0.2, 0.25) is 0 Å². The lowest BCUT2D eigenvalue weighted by atomic mass is 9.92. The van der Waals surface area contributed by atoms with Crippen LogP contribution in [-0.2, 0) is 23.2 Å². The minimum atomic E-state index is -0.252. The van der Waals surface area contributed by atoms with Gasteiger partial charge in [-0.3, -0.25) is 14.2 Å². The molecule has 3 rings (SSSR count). The number of rotatable bonds is 3. The van der Waals surface area contributed by atoms with Gasteiger partial charge in [-0.2, -0.15) is 0 Å². The molecule has 0 spiro atoms. The van der Waals surface area contributed by atoms with Gasteiger partial charge in [0.15, 0.2) is 5.16 Å². The Balaban J connectivity index is 1.80. The van der Waals surface area contributed by atoms with Crippen LogP contribution in [0.1, 0.15) is 39.0 Å². The van der Waals surface area contributed by atoms with Crippen LogP contribution in [0.15, 0.2) is 40.3 Å². The molecular formula is C20H25N3O2S. The first kappa shape index (κ1) is 18.7. The third-order valence-electron chi connectivity index (χ3n) is 4.59. The predicted octanol–water partition coefficient (Wildman–Crippen LogP) is 3.46. The van der Waals surface area contributed by atoms with Crippen LogP contribution >= 0.6 is 11.8 Å². The molecule has 5 nitrogen and oxygen atoms in total. The van der Waals surface area contributed by atoms with E-state index in [-0.39, 0.29) is 22.8 Å². The van der Waals surface area contributed by atoms with Crippen molar-refractivity contribution in [3.05, 3.63) is 51.9 Å². The SMILES string of the molecule is CCc1ccccc1NC(=O)C1CSc2nc(C(C)(C)C)cc(=O)n2C1. The van der Waals surface area contributed by atoms with Gasteiger partial charge < -0.3 is 5.32 Å². The van der Waals surface area contributed by atoms with Crippen molar-refractivity contribution in [2.45, 2.75) is 51.2 Å². The molecule has 1 atom stereocenters. The number of fused-ring (bicyclic) bond motifs is 1. The zero-order valence-electron chi connectivity index (χ0n) is 15.7. The molecule has 1 aromatic heterocycles. The monoisotopic (exact) mass is 371 g/mol. The number of benzene rings is 1. The van der Waals surface area contributed by atoms with Crippen molar-refractivity contribution in [3.63, 3.8) is 0 Å². The summed E-state index contributed by atoms with van der Waals surface area (Å²) in [6, 6.07) is 9.42. The lowest BCUT2D eigenvalue weighted by molar-refractivity contribution is -0.119. The highest BCUT2D eigenvalue weighted by Crippen LogP contribution is 2.28. The Labute approximate surface area is 158 Å². The summed E-state index contributed by atoms with van der Waals surface area (Å²) in [6.45, 7) is 8.57. The average Bonchev–Trinajstić information content (AvgIpc) is 2.61. The summed E-state index contributed by atoms with van der Waals surface area (Å²) in [4.78, 5) is 29.9. The van der Waals surface area contributed by atoms with Crippen LogP contribution in [0.4, 0.5) is 5.69 Å². The van der Waals surface area contributed by atoms with Crippen molar-refractivity contribution in [1.29, 1.82) is 0 Å². The fraction of sp³-hybridized carbons (Fsp3) is 0.450. The molecule has 1 aromatic carbocycles. The number of hydrogen-bond donors (Lipinski definition) is 1. The van der Waals surface area contributed by atoms with E-state index >= 15 is 0 Å². The molecule has 2 aromatic rings. The molecule has 0 saturated carbocycles. The molecule has 0 radical (unpaired) electrons. The van der Waals surface area contributed by atoms with E-state index in [0.717, 1.165) is 23.4 Å². The van der Waals surface area contributed by atoms with Crippen molar-refractivity contribution in [1.82, 2.24) is 9.55 Å². The maximum Gasteiger partial charge on any atom is 0.254 e. The smallest absolute Gasteiger partial charge is 0.254 e. The van der Waals surface area contributed by atoms with Crippen LogP contribution in [0.3, 0.4) is 0 Å². The zero-order chi connectivity index (χ0) is 18.9. The Morgan fingerprint density at radius 2 is 2.08 bits per heavy atom. The van der Waals surface area contributed by atoms with Gasteiger partial charge in [-0.15, -0.1) is 0 Å². The molecule has 1 amide bonds. The third kappa shape index (κ3) is 3.85. The van der Waals surface area contributed by atoms with Crippen LogP contribution < -0.4 is 10.9 Å². The van der Waals surface area contributed by atoms with Gasteiger partial charge in [-0.1, -0.05) is 57.7 Å². The quantitative estimate of drug-likeness (QED) is 0.839. The third-order valence-corrected chi connectivity index (χ3v) is 5.72. The van der Waals surface area contributed by atoms with E-state index in [1.54, 1.807) is 10.6 Å². The molecule has 0 bridgehead atoms. The molecule has 26 heavy (non-hydrogen) atoms. The predicted molar refractivity (Wildman–Crippen MR) is 106 cm³/mol. The topological polar surface area (TPSA) is 64.0 Å². The number of nitrogens with one attached hydrogen (secondary N) is 1. The van der Waals surface area contributed by atoms with E-state index in [2.05, 4.69) is 17.2 Å². The first-order chi connectivity index (χ1) is 12.3. The normalized spacial score (nSPS) is 16.8. The molecule has 0 fully saturated rings. The largest absolute Gasteiger partial charge is 0.326 e. The second kappa shape index (κ2) is 7.27. The maximum absolute atomic E-state index is 12.7. The summed E-state index contributed by atoms with van der Waals surface area (Å²) in [6.07, 6.45) is 0.859. The second-order valence-corrected chi connectivity index (χ2v) is 8.62. The van der Waals surface area contributed by atoms with Gasteiger partial charge >= 0.3 is 0 Å². The first-order valence-corrected chi connectivity index (χ1v) is 9.92. The van der Waals surface area contributed by atoms with E-state index in [1.165, 1.54) is 11.8 Å². The Kier molecular flexibility index (Phi) is 5.23. The summed E-state index contributed by atoms with van der Waals surface area (Å²) in [5.41, 5.74) is 2.50. The highest BCUT2D eigenvalue weighted by atomic mass is 32.2. The summed E-state index contributed by atoms with van der Waals surface area (Å²) < 4.78 is 1.62. The molecule has 0 saturated heterocycles. The van der Waals surface area contributed by atoms with Gasteiger partial charge in [-0.25, -0.2) is 4.98 Å². The van der Waals surface area contributed by atoms with Crippen LogP contribution in [0, 0.1) is 5.92 Å². The number of hydrogen-bond acceptors (Lipinski definition) is 4. The first-order valence-electron chi connectivity index (χ1n) is 8.93. The fourth-order valence-electron chi connectivity index (χ4n) is 2.94. The summed E-state index contributed by atoms with van der Waals surface area (Å²) in [5, 5.41) is 3.74. The molecule has 1 N–H and O–H groups in total. The van der Waals surface area contributed by atoms with Crippen LogP contribution in [0.5, 0.6) is 0 Å². The van der Waals surface area contributed by atoms with Crippen LogP contribution in [-0.4, -0.2) is 21.2 Å². The Morgan fingerprint density at radius 3 is 2.77 bits per heavy atom. The number of aryl methyl sites for hydroxylation is 1. The molecule has 2 heterocycles. The van der Waals surface area contributed by atoms with E-state index < -0.39 is 0 Å². The number of thioether (sulfide) groups is 1. The van der Waals surface area contributed by atoms with Crippen molar-refractivity contribution in [2.75, 3.05) is 11.1 Å². The number of para-hydroxylation sites is 1. The second-order valence-electron chi connectivity index (χ2n) is 7.63. The number of carbonyl (C=O) groups is 1. The molecule has 1 aliphatic rings. The maximum atomic E-state index is 12.7. The van der Waals surface area contributed by atoms with Crippen molar-refractivity contribution >= 4 is 23.4 Å². The lowest BCUT2D eigenvalue weighted by Crippen LogP contribution is -2.37. The summed E-state index contributed by atoms with van der Waals surface area (Å²) >= 11 is 1.48. The van der Waals surface area contributed by atoms with Gasteiger partial charge in [0.05, 0.1) is 11.6 Å². The minimum absolute atomic E-state index is 0.0455. The van der Waals surface area contributed by atoms with Gasteiger partial charge in [0.2, 0.25) is 5.91 Å². The molecule has 1 unspecified atom stereocenters. The summed E-state index contributed by atoms with van der Waals surface area (Å²) in [7, 11) is 0. The minimum Gasteiger partial charge on any atom is -0.326 e. The fourth-order valence-corrected chi connectivity index (χ4v) is 4.03. The molecule has 1 aliphatic heterocycles. The van der Waals surface area contributed by atoms with Crippen LogP contribution in [0.25, 0.3) is 0 Å². The molecular weight excluding hydrogens is 346 g/mol. The van der Waals surface area contributed by atoms with Gasteiger partial charge in [0, 0.05) is 29.5 Å². The van der Waals surface area contributed by atoms with Gasteiger partial charge in [0.1, 0.15) is 0 Å². The Bertz CT molecular complexity index is 883. The number of aromatic nitrogens is 2. The highest BCUT2D eigenvalue weighted by Gasteiger charge is 2.28. The molecule has 6 heteroatoms. The van der Waals surface area contributed by atoms with Crippen molar-refractivity contribution < 1.29 is 4.79 Å². The van der Waals surface area contributed by atoms with Crippen molar-refractivity contribution in [2.24, 2.45) is 5.92 Å².